The quantitative estimate of drug-likeness (QED) is 0.0749. The maximum absolute atomic E-state index is 13.2. The van der Waals surface area contributed by atoms with E-state index in [2.05, 4.69) is 29.6 Å². The molecular weight excluding hydrogens is 542 g/mol. The van der Waals surface area contributed by atoms with E-state index in [1.807, 2.05) is 18.2 Å². The minimum absolute atomic E-state index is 0.0207. The molecule has 0 spiro atoms. The molecule has 228 valence electrons. The summed E-state index contributed by atoms with van der Waals surface area (Å²) < 4.78 is 11.7. The number of carbonyl (C=O) groups is 1. The van der Waals surface area contributed by atoms with E-state index in [1.54, 1.807) is 36.4 Å². The summed E-state index contributed by atoms with van der Waals surface area (Å²) in [7, 11) is 0. The van der Waals surface area contributed by atoms with E-state index >= 15 is 0 Å². The molecule has 0 bridgehead atoms. The summed E-state index contributed by atoms with van der Waals surface area (Å²) in [6.07, 6.45) is 6.79. The van der Waals surface area contributed by atoms with Crippen molar-refractivity contribution in [2.75, 3.05) is 26.3 Å². The molecule has 0 radical (unpaired) electrons. The Morgan fingerprint density at radius 2 is 1.53 bits per heavy atom. The van der Waals surface area contributed by atoms with E-state index in [9.17, 15) is 20.1 Å². The Labute approximate surface area is 254 Å². The topological polar surface area (TPSA) is 108 Å². The van der Waals surface area contributed by atoms with Crippen LogP contribution in [-0.2, 0) is 22.5 Å². The number of fused-ring (bicyclic) bond motifs is 1. The number of phenols is 2. The minimum Gasteiger partial charge on any atom is -0.508 e. The largest absolute Gasteiger partial charge is 0.508 e. The van der Waals surface area contributed by atoms with Crippen molar-refractivity contribution in [1.29, 1.82) is 0 Å². The number of ether oxygens (including phenoxy) is 2. The summed E-state index contributed by atoms with van der Waals surface area (Å²) in [6, 6.07) is 26.0. The van der Waals surface area contributed by atoms with Crippen LogP contribution in [0.4, 0.5) is 0 Å². The van der Waals surface area contributed by atoms with E-state index in [0.717, 1.165) is 70.1 Å². The second-order valence-corrected chi connectivity index (χ2v) is 10.8. The number of phenolic OH excluding ortho intramolecular Hbond substituents is 1. The standard InChI is InChI=1S/C36H43NO6/c38-26-30-24-29(18-20-33(30)39)34(43-36(41)32-19-17-28-15-6-7-16-31(28)35(32)40)25-37-21-9-1-2-10-22-42-23-11-8-14-27-12-4-3-5-13-27/h3-7,12-13,15-20,24,34,37-40H,1-2,8-11,14,21-23,25-26H2/t34-/m0/s1. The summed E-state index contributed by atoms with van der Waals surface area (Å²) in [5.74, 6) is -0.783. The predicted molar refractivity (Wildman–Crippen MR) is 169 cm³/mol. The van der Waals surface area contributed by atoms with Gasteiger partial charge in [0.1, 0.15) is 23.2 Å². The summed E-state index contributed by atoms with van der Waals surface area (Å²) in [5.41, 5.74) is 2.46. The molecule has 0 heterocycles. The van der Waals surface area contributed by atoms with Crippen LogP contribution < -0.4 is 5.32 Å². The second-order valence-electron chi connectivity index (χ2n) is 10.8. The molecule has 4 rings (SSSR count). The molecule has 7 nitrogen and oxygen atoms in total. The lowest BCUT2D eigenvalue weighted by Gasteiger charge is -2.20. The smallest absolute Gasteiger partial charge is 0.342 e. The fourth-order valence-electron chi connectivity index (χ4n) is 5.09. The zero-order valence-electron chi connectivity index (χ0n) is 24.7. The average Bonchev–Trinajstić information content (AvgIpc) is 3.03. The Kier molecular flexibility index (Phi) is 12.9. The highest BCUT2D eigenvalue weighted by Crippen LogP contribution is 2.31. The Hall–Kier alpha value is -3.91. The summed E-state index contributed by atoms with van der Waals surface area (Å²) in [5, 5.41) is 35.2. The number of carbonyl (C=O) groups excluding carboxylic acids is 1. The number of aliphatic hydroxyl groups is 1. The fourth-order valence-corrected chi connectivity index (χ4v) is 5.09. The molecule has 4 aromatic rings. The van der Waals surface area contributed by atoms with E-state index in [4.69, 9.17) is 9.47 Å². The zero-order chi connectivity index (χ0) is 30.3. The summed E-state index contributed by atoms with van der Waals surface area (Å²) in [4.78, 5) is 13.2. The lowest BCUT2D eigenvalue weighted by molar-refractivity contribution is 0.0294. The Morgan fingerprint density at radius 1 is 0.791 bits per heavy atom. The molecular formula is C36H43NO6. The van der Waals surface area contributed by atoms with E-state index < -0.39 is 12.1 Å². The molecule has 43 heavy (non-hydrogen) atoms. The number of rotatable bonds is 18. The average molecular weight is 586 g/mol. The molecule has 0 aromatic heterocycles. The van der Waals surface area contributed by atoms with Gasteiger partial charge < -0.3 is 30.1 Å². The SMILES string of the molecule is O=C(O[C@@H](CNCCCCCCOCCCCc1ccccc1)c1ccc(O)c(CO)c1)c1ccc2ccccc2c1O. The normalized spacial score (nSPS) is 11.9. The van der Waals surface area contributed by atoms with Gasteiger partial charge >= 0.3 is 5.97 Å². The third-order valence-corrected chi connectivity index (χ3v) is 7.58. The van der Waals surface area contributed by atoms with Gasteiger partial charge in [0.05, 0.1) is 6.61 Å². The van der Waals surface area contributed by atoms with Crippen LogP contribution in [0.2, 0.25) is 0 Å². The first kappa shape index (κ1) is 32.0. The van der Waals surface area contributed by atoms with Gasteiger partial charge in [-0.3, -0.25) is 0 Å². The Balaban J connectivity index is 1.19. The number of aliphatic hydroxyl groups excluding tert-OH is 1. The maximum atomic E-state index is 13.2. The molecule has 0 amide bonds. The third kappa shape index (κ3) is 9.82. The first-order valence-electron chi connectivity index (χ1n) is 15.2. The van der Waals surface area contributed by atoms with Crippen molar-refractivity contribution >= 4 is 16.7 Å². The maximum Gasteiger partial charge on any atom is 0.342 e. The van der Waals surface area contributed by atoms with Crippen LogP contribution in [0, 0.1) is 0 Å². The molecule has 0 aliphatic rings. The lowest BCUT2D eigenvalue weighted by Crippen LogP contribution is -2.26. The van der Waals surface area contributed by atoms with Crippen LogP contribution in [0.1, 0.15) is 71.7 Å². The highest BCUT2D eigenvalue weighted by Gasteiger charge is 2.22. The summed E-state index contributed by atoms with van der Waals surface area (Å²) in [6.45, 7) is 2.35. The number of hydrogen-bond acceptors (Lipinski definition) is 7. The number of unbranched alkanes of at least 4 members (excludes halogenated alkanes) is 4. The number of benzene rings is 4. The van der Waals surface area contributed by atoms with Crippen LogP contribution in [0.25, 0.3) is 10.8 Å². The van der Waals surface area contributed by atoms with Gasteiger partial charge in [-0.05, 0) is 73.4 Å². The van der Waals surface area contributed by atoms with Crippen molar-refractivity contribution in [2.45, 2.75) is 57.7 Å². The number of hydrogen-bond donors (Lipinski definition) is 4. The van der Waals surface area contributed by atoms with Crippen LogP contribution in [0.5, 0.6) is 11.5 Å². The zero-order valence-corrected chi connectivity index (χ0v) is 24.7. The van der Waals surface area contributed by atoms with Crippen LogP contribution in [-0.4, -0.2) is 47.6 Å². The van der Waals surface area contributed by atoms with Gasteiger partial charge in [-0.1, -0.05) is 79.6 Å². The van der Waals surface area contributed by atoms with Crippen molar-refractivity contribution in [1.82, 2.24) is 5.32 Å². The van der Waals surface area contributed by atoms with E-state index in [1.165, 1.54) is 11.6 Å². The van der Waals surface area contributed by atoms with Gasteiger partial charge in [-0.2, -0.15) is 0 Å². The van der Waals surface area contributed by atoms with E-state index in [0.29, 0.717) is 23.1 Å². The van der Waals surface area contributed by atoms with Gasteiger partial charge in [0.2, 0.25) is 0 Å². The number of aromatic hydroxyl groups is 2. The highest BCUT2D eigenvalue weighted by molar-refractivity contribution is 6.01. The van der Waals surface area contributed by atoms with Crippen molar-refractivity contribution in [3.05, 3.63) is 107 Å². The molecule has 4 N–H and O–H groups in total. The highest BCUT2D eigenvalue weighted by atomic mass is 16.5. The molecule has 7 heteroatoms. The van der Waals surface area contributed by atoms with Gasteiger partial charge in [-0.15, -0.1) is 0 Å². The molecule has 0 aliphatic heterocycles. The lowest BCUT2D eigenvalue weighted by atomic mass is 10.0. The fraction of sp³-hybridized carbons (Fsp3) is 0.361. The number of aryl methyl sites for hydroxylation is 1. The first-order chi connectivity index (χ1) is 21.1. The monoisotopic (exact) mass is 585 g/mol. The number of esters is 1. The Morgan fingerprint density at radius 3 is 2.35 bits per heavy atom. The van der Waals surface area contributed by atoms with Crippen molar-refractivity contribution in [2.24, 2.45) is 0 Å². The van der Waals surface area contributed by atoms with Gasteiger partial charge in [0.15, 0.2) is 0 Å². The van der Waals surface area contributed by atoms with Gasteiger partial charge in [-0.25, -0.2) is 4.79 Å². The van der Waals surface area contributed by atoms with Crippen molar-refractivity contribution in [3.8, 4) is 11.5 Å². The molecule has 0 fully saturated rings. The third-order valence-electron chi connectivity index (χ3n) is 7.58. The predicted octanol–water partition coefficient (Wildman–Crippen LogP) is 6.83. The molecule has 1 atom stereocenters. The van der Waals surface area contributed by atoms with Crippen LogP contribution in [0.3, 0.4) is 0 Å². The van der Waals surface area contributed by atoms with Gasteiger partial charge in [0.25, 0.3) is 0 Å². The first-order valence-corrected chi connectivity index (χ1v) is 15.2. The van der Waals surface area contributed by atoms with Crippen LogP contribution >= 0.6 is 0 Å². The van der Waals surface area contributed by atoms with Crippen molar-refractivity contribution in [3.63, 3.8) is 0 Å². The van der Waals surface area contributed by atoms with E-state index in [-0.39, 0.29) is 23.7 Å². The van der Waals surface area contributed by atoms with Crippen LogP contribution in [0.15, 0.2) is 84.9 Å². The molecule has 0 aliphatic carbocycles. The molecule has 0 saturated heterocycles. The molecule has 0 saturated carbocycles. The molecule has 4 aromatic carbocycles. The Bertz CT molecular complexity index is 1420. The summed E-state index contributed by atoms with van der Waals surface area (Å²) >= 11 is 0. The van der Waals surface area contributed by atoms with Crippen molar-refractivity contribution < 1.29 is 29.6 Å². The minimum atomic E-state index is -0.681. The molecule has 0 unspecified atom stereocenters. The number of nitrogens with one attached hydrogen (secondary N) is 1. The van der Waals surface area contributed by atoms with Gasteiger partial charge in [0, 0.05) is 30.7 Å². The second kappa shape index (κ2) is 17.3.